The lowest BCUT2D eigenvalue weighted by atomic mass is 10.2. The van der Waals surface area contributed by atoms with Crippen molar-refractivity contribution < 1.29 is 33.7 Å². The number of aliphatic hydroxyl groups is 1. The Kier molecular flexibility index (Phi) is 9.05. The first-order valence-electron chi connectivity index (χ1n) is 9.49. The van der Waals surface area contributed by atoms with E-state index in [0.717, 1.165) is 17.7 Å². The molecule has 0 amide bonds. The molecule has 0 aliphatic carbocycles. The van der Waals surface area contributed by atoms with Crippen LogP contribution in [0.1, 0.15) is 11.1 Å². The van der Waals surface area contributed by atoms with Crippen molar-refractivity contribution in [2.24, 2.45) is 0 Å². The number of hydrogen-bond acceptors (Lipinski definition) is 6. The maximum Gasteiger partial charge on any atom is 0.161 e. The molecule has 0 aliphatic rings. The second-order valence-electron chi connectivity index (χ2n) is 6.89. The number of hydrogen-bond donors (Lipinski definition) is 2. The Labute approximate surface area is 172 Å². The third kappa shape index (κ3) is 6.81. The van der Waals surface area contributed by atoms with Crippen LogP contribution in [0.3, 0.4) is 0 Å². The summed E-state index contributed by atoms with van der Waals surface area (Å²) in [6, 6.07) is 11.5. The molecule has 0 saturated carbocycles. The van der Waals surface area contributed by atoms with Gasteiger partial charge in [-0.05, 0) is 35.9 Å². The quantitative estimate of drug-likeness (QED) is 0.554. The molecular formula is C22H32NO6+. The van der Waals surface area contributed by atoms with Crippen molar-refractivity contribution in [1.82, 2.24) is 0 Å². The molecule has 0 radical (unpaired) electrons. The number of methoxy groups -OCH3 is 4. The summed E-state index contributed by atoms with van der Waals surface area (Å²) in [5, 5.41) is 10.3. The van der Waals surface area contributed by atoms with E-state index >= 15 is 0 Å². The zero-order chi connectivity index (χ0) is 21.2. The van der Waals surface area contributed by atoms with Gasteiger partial charge in [0.25, 0.3) is 0 Å². The molecule has 160 valence electrons. The minimum atomic E-state index is -0.560. The maximum absolute atomic E-state index is 10.3. The van der Waals surface area contributed by atoms with Gasteiger partial charge in [-0.2, -0.15) is 0 Å². The molecule has 0 bridgehead atoms. The molecule has 2 aromatic carbocycles. The predicted octanol–water partition coefficient (Wildman–Crippen LogP) is 1.31. The number of quaternary nitrogens is 1. The number of nitrogens with one attached hydrogen (secondary N) is 1. The molecule has 7 nitrogen and oxygen atoms in total. The number of likely N-dealkylation sites (N-methyl/N-ethyl adjacent to an activating group) is 1. The van der Waals surface area contributed by atoms with Crippen LogP contribution in [0, 0.1) is 0 Å². The largest absolute Gasteiger partial charge is 0.493 e. The van der Waals surface area contributed by atoms with Gasteiger partial charge < -0.3 is 33.7 Å². The standard InChI is InChI=1S/C22H31NO6/c1-23(12-16-6-8-19(25-2)21(10-16)27-4)13-18(24)15-29-14-17-7-9-20(26-3)22(11-17)28-5/h6-11,18,24H,12-15H2,1-5H3/p+1/t18-/m0/s1. The minimum absolute atomic E-state index is 0.262. The Balaban J connectivity index is 1.79. The Morgan fingerprint density at radius 1 is 0.793 bits per heavy atom. The first-order chi connectivity index (χ1) is 14.0. The molecule has 0 spiro atoms. The summed E-state index contributed by atoms with van der Waals surface area (Å²) in [6.07, 6.45) is -0.560. The second-order valence-corrected chi connectivity index (χ2v) is 6.89. The van der Waals surface area contributed by atoms with Crippen LogP contribution in [0.5, 0.6) is 23.0 Å². The molecule has 0 heterocycles. The zero-order valence-corrected chi connectivity index (χ0v) is 17.9. The van der Waals surface area contributed by atoms with E-state index in [1.54, 1.807) is 28.4 Å². The fraction of sp³-hybridized carbons (Fsp3) is 0.455. The highest BCUT2D eigenvalue weighted by Crippen LogP contribution is 2.28. The molecule has 0 aliphatic heterocycles. The molecule has 0 fully saturated rings. The minimum Gasteiger partial charge on any atom is -0.493 e. The van der Waals surface area contributed by atoms with Crippen LogP contribution in [-0.2, 0) is 17.9 Å². The van der Waals surface area contributed by atoms with Gasteiger partial charge in [0.05, 0.1) is 48.7 Å². The summed E-state index contributed by atoms with van der Waals surface area (Å²) in [5.41, 5.74) is 2.07. The highest BCUT2D eigenvalue weighted by molar-refractivity contribution is 5.43. The van der Waals surface area contributed by atoms with E-state index in [1.807, 2.05) is 43.4 Å². The summed E-state index contributed by atoms with van der Waals surface area (Å²) in [7, 11) is 8.48. The van der Waals surface area contributed by atoms with Gasteiger partial charge in [0.2, 0.25) is 0 Å². The Bertz CT molecular complexity index is 767. The Morgan fingerprint density at radius 2 is 1.31 bits per heavy atom. The lowest BCUT2D eigenvalue weighted by Crippen LogP contribution is -3.08. The molecule has 29 heavy (non-hydrogen) atoms. The number of aliphatic hydroxyl groups excluding tert-OH is 1. The molecule has 7 heteroatoms. The SMILES string of the molecule is COc1ccc(COC[C@@H](O)C[NH+](C)Cc2ccc(OC)c(OC)c2)cc1OC. The van der Waals surface area contributed by atoms with Crippen LogP contribution < -0.4 is 23.8 Å². The van der Waals surface area contributed by atoms with E-state index in [0.29, 0.717) is 36.1 Å². The number of ether oxygens (including phenoxy) is 5. The molecule has 0 aromatic heterocycles. The van der Waals surface area contributed by atoms with E-state index < -0.39 is 6.10 Å². The second kappa shape index (κ2) is 11.5. The van der Waals surface area contributed by atoms with E-state index in [4.69, 9.17) is 23.7 Å². The molecule has 2 rings (SSSR count). The van der Waals surface area contributed by atoms with Crippen LogP contribution in [0.2, 0.25) is 0 Å². The van der Waals surface area contributed by atoms with Crippen molar-refractivity contribution >= 4 is 0 Å². The molecule has 0 saturated heterocycles. The van der Waals surface area contributed by atoms with Crippen LogP contribution >= 0.6 is 0 Å². The van der Waals surface area contributed by atoms with Crippen molar-refractivity contribution in [2.45, 2.75) is 19.3 Å². The maximum atomic E-state index is 10.3. The van der Waals surface area contributed by atoms with Crippen molar-refractivity contribution in [3.63, 3.8) is 0 Å². The average molecular weight is 406 g/mol. The molecule has 1 unspecified atom stereocenters. The van der Waals surface area contributed by atoms with Gasteiger partial charge in [-0.25, -0.2) is 0 Å². The lowest BCUT2D eigenvalue weighted by molar-refractivity contribution is -0.897. The van der Waals surface area contributed by atoms with Crippen molar-refractivity contribution in [3.8, 4) is 23.0 Å². The van der Waals surface area contributed by atoms with Gasteiger partial charge in [-0.3, -0.25) is 0 Å². The first kappa shape index (κ1) is 22.8. The summed E-state index contributed by atoms with van der Waals surface area (Å²) in [6.45, 7) is 1.98. The smallest absolute Gasteiger partial charge is 0.161 e. The van der Waals surface area contributed by atoms with Crippen LogP contribution in [0.4, 0.5) is 0 Å². The normalized spacial score (nSPS) is 12.9. The molecule has 2 atom stereocenters. The van der Waals surface area contributed by atoms with Crippen molar-refractivity contribution in [1.29, 1.82) is 0 Å². The van der Waals surface area contributed by atoms with Gasteiger partial charge in [-0.1, -0.05) is 6.07 Å². The van der Waals surface area contributed by atoms with Gasteiger partial charge >= 0.3 is 0 Å². The van der Waals surface area contributed by atoms with Crippen LogP contribution in [0.15, 0.2) is 36.4 Å². The van der Waals surface area contributed by atoms with Crippen molar-refractivity contribution in [3.05, 3.63) is 47.5 Å². The van der Waals surface area contributed by atoms with Crippen LogP contribution in [0.25, 0.3) is 0 Å². The fourth-order valence-corrected chi connectivity index (χ4v) is 3.16. The first-order valence-corrected chi connectivity index (χ1v) is 9.49. The predicted molar refractivity (Wildman–Crippen MR) is 110 cm³/mol. The van der Waals surface area contributed by atoms with E-state index in [2.05, 4.69) is 0 Å². The fourth-order valence-electron chi connectivity index (χ4n) is 3.16. The molecule has 2 N–H and O–H groups in total. The van der Waals surface area contributed by atoms with Gasteiger partial charge in [0.15, 0.2) is 23.0 Å². The highest BCUT2D eigenvalue weighted by atomic mass is 16.5. The lowest BCUT2D eigenvalue weighted by Gasteiger charge is -2.19. The Morgan fingerprint density at radius 3 is 1.86 bits per heavy atom. The summed E-state index contributed by atoms with van der Waals surface area (Å²) in [5.74, 6) is 2.75. The highest BCUT2D eigenvalue weighted by Gasteiger charge is 2.14. The van der Waals surface area contributed by atoms with E-state index in [9.17, 15) is 5.11 Å². The monoisotopic (exact) mass is 406 g/mol. The van der Waals surface area contributed by atoms with E-state index in [1.165, 1.54) is 4.90 Å². The topological polar surface area (TPSA) is 70.8 Å². The molecular weight excluding hydrogens is 374 g/mol. The zero-order valence-electron chi connectivity index (χ0n) is 17.9. The summed E-state index contributed by atoms with van der Waals surface area (Å²) < 4.78 is 26.8. The average Bonchev–Trinajstić information content (AvgIpc) is 2.73. The van der Waals surface area contributed by atoms with Crippen molar-refractivity contribution in [2.75, 3.05) is 48.6 Å². The van der Waals surface area contributed by atoms with Gasteiger partial charge in [0, 0.05) is 5.56 Å². The van der Waals surface area contributed by atoms with Crippen LogP contribution in [-0.4, -0.2) is 59.8 Å². The van der Waals surface area contributed by atoms with E-state index in [-0.39, 0.29) is 6.61 Å². The Hall–Kier alpha value is -2.48. The van der Waals surface area contributed by atoms with Gasteiger partial charge in [-0.15, -0.1) is 0 Å². The molecule has 2 aromatic rings. The summed E-state index contributed by atoms with van der Waals surface area (Å²) >= 11 is 0. The number of rotatable bonds is 12. The number of benzene rings is 2. The third-order valence-corrected chi connectivity index (χ3v) is 4.56. The van der Waals surface area contributed by atoms with Gasteiger partial charge in [0.1, 0.15) is 19.2 Å². The third-order valence-electron chi connectivity index (χ3n) is 4.56. The summed E-state index contributed by atoms with van der Waals surface area (Å²) in [4.78, 5) is 1.17.